The van der Waals surface area contributed by atoms with Gasteiger partial charge in [0.1, 0.15) is 0 Å². The van der Waals surface area contributed by atoms with Crippen LogP contribution in [0.15, 0.2) is 22.8 Å². The molecule has 0 bridgehead atoms. The maximum Gasteiger partial charge on any atom is 0.207 e. The molecule has 0 amide bonds. The van der Waals surface area contributed by atoms with Crippen molar-refractivity contribution in [1.82, 2.24) is 9.55 Å². The van der Waals surface area contributed by atoms with E-state index in [0.29, 0.717) is 16.0 Å². The molecular formula is C14H16BrCl2N3. The second kappa shape index (κ2) is 6.37. The minimum absolute atomic E-state index is 0.505. The molecule has 108 valence electrons. The summed E-state index contributed by atoms with van der Waals surface area (Å²) in [6, 6.07) is 3.80. The van der Waals surface area contributed by atoms with Crippen molar-refractivity contribution >= 4 is 45.1 Å². The molecule has 0 unspecified atom stereocenters. The lowest BCUT2D eigenvalue weighted by molar-refractivity contribution is 0.683. The zero-order chi connectivity index (χ0) is 14.9. The molecule has 6 heteroatoms. The SMILES string of the molecule is Cc1cn(-c2ccc(Br)c(Cl)c2Cl)c(NCC(C)C)n1. The van der Waals surface area contributed by atoms with Gasteiger partial charge in [0.2, 0.25) is 5.95 Å². The van der Waals surface area contributed by atoms with E-state index in [0.717, 1.165) is 28.3 Å². The monoisotopic (exact) mass is 375 g/mol. The lowest BCUT2D eigenvalue weighted by Crippen LogP contribution is -2.12. The Kier molecular flexibility index (Phi) is 4.99. The van der Waals surface area contributed by atoms with E-state index in [1.807, 2.05) is 29.8 Å². The molecule has 0 radical (unpaired) electrons. The summed E-state index contributed by atoms with van der Waals surface area (Å²) in [5.41, 5.74) is 1.73. The quantitative estimate of drug-likeness (QED) is 0.732. The zero-order valence-electron chi connectivity index (χ0n) is 11.5. The summed E-state index contributed by atoms with van der Waals surface area (Å²) in [5, 5.41) is 4.34. The van der Waals surface area contributed by atoms with Crippen LogP contribution in [0.5, 0.6) is 0 Å². The van der Waals surface area contributed by atoms with Crippen LogP contribution in [-0.4, -0.2) is 16.1 Å². The summed E-state index contributed by atoms with van der Waals surface area (Å²) in [6.45, 7) is 7.09. The van der Waals surface area contributed by atoms with E-state index in [1.165, 1.54) is 0 Å². The molecule has 20 heavy (non-hydrogen) atoms. The number of hydrogen-bond acceptors (Lipinski definition) is 2. The summed E-state index contributed by atoms with van der Waals surface area (Å²) in [5.74, 6) is 1.31. The van der Waals surface area contributed by atoms with Gasteiger partial charge in [0.25, 0.3) is 0 Å². The number of nitrogens with zero attached hydrogens (tertiary/aromatic N) is 2. The van der Waals surface area contributed by atoms with Crippen molar-refractivity contribution < 1.29 is 0 Å². The van der Waals surface area contributed by atoms with Crippen molar-refractivity contribution in [3.63, 3.8) is 0 Å². The van der Waals surface area contributed by atoms with Crippen LogP contribution >= 0.6 is 39.1 Å². The van der Waals surface area contributed by atoms with E-state index in [2.05, 4.69) is 40.1 Å². The molecule has 0 aliphatic carbocycles. The second-order valence-corrected chi connectivity index (χ2v) is 6.66. The summed E-state index contributed by atoms with van der Waals surface area (Å²) in [4.78, 5) is 4.49. The van der Waals surface area contributed by atoms with Crippen LogP contribution in [0.25, 0.3) is 5.69 Å². The standard InChI is InChI=1S/C14H16BrCl2N3/c1-8(2)6-18-14-19-9(3)7-20(14)11-5-4-10(15)12(16)13(11)17/h4-5,7-8H,6H2,1-3H3,(H,18,19). The Bertz CT molecular complexity index is 623. The number of halogens is 3. The van der Waals surface area contributed by atoms with E-state index >= 15 is 0 Å². The third-order valence-corrected chi connectivity index (χ3v) is 4.53. The Balaban J connectivity index is 2.45. The van der Waals surface area contributed by atoms with Crippen molar-refractivity contribution in [3.8, 4) is 5.69 Å². The Hall–Kier alpha value is -0.710. The summed E-state index contributed by atoms with van der Waals surface area (Å²) < 4.78 is 2.71. The molecule has 0 saturated carbocycles. The van der Waals surface area contributed by atoms with Gasteiger partial charge in [-0.1, -0.05) is 37.0 Å². The second-order valence-electron chi connectivity index (χ2n) is 5.05. The first-order valence-corrected chi connectivity index (χ1v) is 7.88. The van der Waals surface area contributed by atoms with Gasteiger partial charge in [-0.25, -0.2) is 4.98 Å². The smallest absolute Gasteiger partial charge is 0.207 e. The largest absolute Gasteiger partial charge is 0.355 e. The maximum absolute atomic E-state index is 6.34. The van der Waals surface area contributed by atoms with Gasteiger partial charge in [0.05, 0.1) is 21.4 Å². The minimum Gasteiger partial charge on any atom is -0.355 e. The molecule has 2 rings (SSSR count). The normalized spacial score (nSPS) is 11.2. The minimum atomic E-state index is 0.505. The van der Waals surface area contributed by atoms with Gasteiger partial charge in [-0.3, -0.25) is 4.57 Å². The number of imidazole rings is 1. The number of aromatic nitrogens is 2. The van der Waals surface area contributed by atoms with Crippen LogP contribution in [-0.2, 0) is 0 Å². The highest BCUT2D eigenvalue weighted by Gasteiger charge is 2.14. The highest BCUT2D eigenvalue weighted by atomic mass is 79.9. The number of benzene rings is 1. The number of aryl methyl sites for hydroxylation is 1. The van der Waals surface area contributed by atoms with E-state index < -0.39 is 0 Å². The molecule has 2 aromatic rings. The fourth-order valence-corrected chi connectivity index (χ4v) is 2.66. The van der Waals surface area contributed by atoms with Gasteiger partial charge in [-0.05, 0) is 40.9 Å². The van der Waals surface area contributed by atoms with Crippen molar-refractivity contribution in [1.29, 1.82) is 0 Å². The summed E-state index contributed by atoms with van der Waals surface area (Å²) in [7, 11) is 0. The Labute approximate surface area is 137 Å². The first kappa shape index (κ1) is 15.7. The van der Waals surface area contributed by atoms with Gasteiger partial charge in [-0.2, -0.15) is 0 Å². The van der Waals surface area contributed by atoms with Gasteiger partial charge in [0, 0.05) is 17.2 Å². The van der Waals surface area contributed by atoms with E-state index in [1.54, 1.807) is 0 Å². The molecule has 1 aromatic heterocycles. The first-order chi connectivity index (χ1) is 9.40. The lowest BCUT2D eigenvalue weighted by Gasteiger charge is -2.13. The van der Waals surface area contributed by atoms with Gasteiger partial charge < -0.3 is 5.32 Å². The highest BCUT2D eigenvalue weighted by molar-refractivity contribution is 9.10. The number of anilines is 1. The molecule has 0 saturated heterocycles. The molecular weight excluding hydrogens is 361 g/mol. The molecule has 0 fully saturated rings. The molecule has 1 aromatic carbocycles. The van der Waals surface area contributed by atoms with Crippen LogP contribution in [0.1, 0.15) is 19.5 Å². The summed E-state index contributed by atoms with van der Waals surface area (Å²) in [6.07, 6.45) is 1.94. The number of hydrogen-bond donors (Lipinski definition) is 1. The van der Waals surface area contributed by atoms with Crippen LogP contribution in [0.4, 0.5) is 5.95 Å². The zero-order valence-corrected chi connectivity index (χ0v) is 14.6. The average Bonchev–Trinajstić information content (AvgIpc) is 2.75. The summed E-state index contributed by atoms with van der Waals surface area (Å²) >= 11 is 15.9. The molecule has 0 spiro atoms. The molecule has 3 nitrogen and oxygen atoms in total. The van der Waals surface area contributed by atoms with Crippen molar-refractivity contribution in [2.24, 2.45) is 5.92 Å². The first-order valence-electron chi connectivity index (χ1n) is 6.34. The average molecular weight is 377 g/mol. The number of rotatable bonds is 4. The Morgan fingerprint density at radius 1 is 1.30 bits per heavy atom. The third-order valence-electron chi connectivity index (χ3n) is 2.77. The predicted octanol–water partition coefficient (Wildman–Crippen LogP) is 5.32. The Morgan fingerprint density at radius 3 is 2.65 bits per heavy atom. The van der Waals surface area contributed by atoms with Crippen LogP contribution in [0, 0.1) is 12.8 Å². The topological polar surface area (TPSA) is 29.9 Å². The van der Waals surface area contributed by atoms with Crippen LogP contribution in [0.2, 0.25) is 10.0 Å². The highest BCUT2D eigenvalue weighted by Crippen LogP contribution is 2.35. The molecule has 1 heterocycles. The van der Waals surface area contributed by atoms with Crippen LogP contribution < -0.4 is 5.32 Å². The molecule has 0 atom stereocenters. The van der Waals surface area contributed by atoms with E-state index in [4.69, 9.17) is 23.2 Å². The number of nitrogens with one attached hydrogen (secondary N) is 1. The molecule has 1 N–H and O–H groups in total. The predicted molar refractivity (Wildman–Crippen MR) is 89.3 cm³/mol. The fourth-order valence-electron chi connectivity index (χ4n) is 1.80. The van der Waals surface area contributed by atoms with Gasteiger partial charge in [0.15, 0.2) is 0 Å². The third kappa shape index (κ3) is 3.30. The Morgan fingerprint density at radius 2 is 2.00 bits per heavy atom. The van der Waals surface area contributed by atoms with Crippen molar-refractivity contribution in [2.75, 3.05) is 11.9 Å². The van der Waals surface area contributed by atoms with E-state index in [9.17, 15) is 0 Å². The fraction of sp³-hybridized carbons (Fsp3) is 0.357. The van der Waals surface area contributed by atoms with Crippen LogP contribution in [0.3, 0.4) is 0 Å². The molecule has 0 aliphatic heterocycles. The van der Waals surface area contributed by atoms with Gasteiger partial charge >= 0.3 is 0 Å². The van der Waals surface area contributed by atoms with Gasteiger partial charge in [-0.15, -0.1) is 0 Å². The molecule has 0 aliphatic rings. The maximum atomic E-state index is 6.34. The lowest BCUT2D eigenvalue weighted by atomic mass is 10.2. The van der Waals surface area contributed by atoms with Crippen molar-refractivity contribution in [2.45, 2.75) is 20.8 Å². The van der Waals surface area contributed by atoms with E-state index in [-0.39, 0.29) is 0 Å². The van der Waals surface area contributed by atoms with Crippen molar-refractivity contribution in [3.05, 3.63) is 38.5 Å².